The molecule has 1 unspecified atom stereocenters. The Labute approximate surface area is 151 Å². The molecule has 0 bridgehead atoms. The molecule has 3 N–H and O–H groups in total. The molecule has 1 aliphatic carbocycles. The Morgan fingerprint density at radius 1 is 1.24 bits per heavy atom. The van der Waals surface area contributed by atoms with Crippen molar-refractivity contribution < 1.29 is 10.2 Å². The Hall–Kier alpha value is -1.74. The number of nitrogens with one attached hydrogen (secondary N) is 1. The smallest absolute Gasteiger partial charge is 0.111 e. The molecule has 3 heteroatoms. The van der Waals surface area contributed by atoms with Crippen LogP contribution in [-0.2, 0) is 11.8 Å². The number of rotatable bonds is 4. The average molecular weight is 341 g/mol. The van der Waals surface area contributed by atoms with Gasteiger partial charge in [0.05, 0.1) is 0 Å². The second-order valence-corrected chi connectivity index (χ2v) is 8.52. The lowest BCUT2D eigenvalue weighted by Crippen LogP contribution is -2.41. The highest BCUT2D eigenvalue weighted by Crippen LogP contribution is 2.38. The van der Waals surface area contributed by atoms with Crippen molar-refractivity contribution in [2.24, 2.45) is 11.8 Å². The monoisotopic (exact) mass is 341 g/mol. The van der Waals surface area contributed by atoms with E-state index in [4.69, 9.17) is 0 Å². The van der Waals surface area contributed by atoms with Crippen molar-refractivity contribution in [3.05, 3.63) is 53.3 Å². The highest BCUT2D eigenvalue weighted by Gasteiger charge is 2.33. The molecule has 0 aromatic heterocycles. The van der Waals surface area contributed by atoms with E-state index in [1.807, 2.05) is 6.08 Å². The van der Waals surface area contributed by atoms with Gasteiger partial charge in [-0.25, -0.2) is 0 Å². The zero-order valence-electron chi connectivity index (χ0n) is 15.6. The van der Waals surface area contributed by atoms with Crippen LogP contribution in [0.25, 0.3) is 0 Å². The molecule has 0 spiro atoms. The fourth-order valence-corrected chi connectivity index (χ4v) is 4.11. The Kier molecular flexibility index (Phi) is 5.24. The first-order valence-corrected chi connectivity index (χ1v) is 9.46. The van der Waals surface area contributed by atoms with Gasteiger partial charge in [0, 0.05) is 24.3 Å². The lowest BCUT2D eigenvalue weighted by molar-refractivity contribution is 0.252. The standard InChI is InChI=1S/C22H31NO2/c1-22(2,3)18-9-10-20-17(13-18)12-15(7-5-11-24)21(23-20)16-6-4-8-19(25)14-16/h4,8-10,13-16,21,23-25H,5-7,11-12H2,1-3H3/t15-,16?,21+/m0/s1. The molecule has 1 aromatic rings. The van der Waals surface area contributed by atoms with Crippen molar-refractivity contribution in [1.29, 1.82) is 0 Å². The van der Waals surface area contributed by atoms with E-state index in [2.05, 4.69) is 50.4 Å². The van der Waals surface area contributed by atoms with Crippen molar-refractivity contribution in [2.75, 3.05) is 11.9 Å². The van der Waals surface area contributed by atoms with Crippen molar-refractivity contribution >= 4 is 5.69 Å². The largest absolute Gasteiger partial charge is 0.508 e. The molecule has 1 aromatic carbocycles. The van der Waals surface area contributed by atoms with Crippen LogP contribution in [0.5, 0.6) is 0 Å². The van der Waals surface area contributed by atoms with Crippen LogP contribution in [0.3, 0.4) is 0 Å². The van der Waals surface area contributed by atoms with Gasteiger partial charge in [0.1, 0.15) is 5.76 Å². The summed E-state index contributed by atoms with van der Waals surface area (Å²) in [5, 5.41) is 23.0. The van der Waals surface area contributed by atoms with E-state index >= 15 is 0 Å². The summed E-state index contributed by atoms with van der Waals surface area (Å²) in [6.07, 6.45) is 9.64. The molecule has 0 fully saturated rings. The Morgan fingerprint density at radius 3 is 2.72 bits per heavy atom. The third-order valence-electron chi connectivity index (χ3n) is 5.56. The Morgan fingerprint density at radius 2 is 2.04 bits per heavy atom. The minimum Gasteiger partial charge on any atom is -0.508 e. The average Bonchev–Trinajstić information content (AvgIpc) is 2.57. The van der Waals surface area contributed by atoms with Gasteiger partial charge in [-0.1, -0.05) is 39.0 Å². The molecule has 0 radical (unpaired) electrons. The van der Waals surface area contributed by atoms with Crippen molar-refractivity contribution in [2.45, 2.75) is 57.9 Å². The lowest BCUT2D eigenvalue weighted by Gasteiger charge is -2.39. The minimum atomic E-state index is 0.148. The van der Waals surface area contributed by atoms with Crippen LogP contribution in [0.15, 0.2) is 42.2 Å². The number of allylic oxidation sites excluding steroid dienone is 2. The number of hydrogen-bond acceptors (Lipinski definition) is 3. The van der Waals surface area contributed by atoms with Gasteiger partial charge in [-0.2, -0.15) is 0 Å². The predicted octanol–water partition coefficient (Wildman–Crippen LogP) is 4.73. The summed E-state index contributed by atoms with van der Waals surface area (Å²) in [6.45, 7) is 6.99. The van der Waals surface area contributed by atoms with Crippen LogP contribution >= 0.6 is 0 Å². The summed E-state index contributed by atoms with van der Waals surface area (Å²) in [5.74, 6) is 1.13. The molecule has 3 nitrogen and oxygen atoms in total. The molecule has 0 saturated carbocycles. The number of fused-ring (bicyclic) bond motifs is 1. The van der Waals surface area contributed by atoms with E-state index in [-0.39, 0.29) is 12.0 Å². The van der Waals surface area contributed by atoms with Crippen molar-refractivity contribution in [1.82, 2.24) is 0 Å². The third-order valence-corrected chi connectivity index (χ3v) is 5.56. The fourth-order valence-electron chi connectivity index (χ4n) is 4.11. The van der Waals surface area contributed by atoms with E-state index in [1.54, 1.807) is 6.08 Å². The molecular formula is C22H31NO2. The Balaban J connectivity index is 1.88. The number of aliphatic hydroxyl groups is 2. The third kappa shape index (κ3) is 4.09. The normalized spacial score (nSPS) is 25.9. The highest BCUT2D eigenvalue weighted by molar-refractivity contribution is 5.57. The predicted molar refractivity (Wildman–Crippen MR) is 104 cm³/mol. The maximum atomic E-state index is 9.90. The SMILES string of the molecule is CC(C)(C)c1ccc2c(c1)C[C@H](CCCO)[C@H](C1C=C(O)C=CC1)N2. The second-order valence-electron chi connectivity index (χ2n) is 8.52. The maximum absolute atomic E-state index is 9.90. The number of hydrogen-bond donors (Lipinski definition) is 3. The van der Waals surface area contributed by atoms with Gasteiger partial charge in [-0.3, -0.25) is 0 Å². The summed E-state index contributed by atoms with van der Waals surface area (Å²) in [5.41, 5.74) is 4.12. The van der Waals surface area contributed by atoms with Crippen LogP contribution in [0.4, 0.5) is 5.69 Å². The molecule has 0 saturated heterocycles. The van der Waals surface area contributed by atoms with Gasteiger partial charge in [-0.15, -0.1) is 0 Å². The first-order valence-electron chi connectivity index (χ1n) is 9.46. The molecule has 1 aliphatic heterocycles. The molecule has 3 atom stereocenters. The quantitative estimate of drug-likeness (QED) is 0.742. The molecule has 2 aliphatic rings. The fraction of sp³-hybridized carbons (Fsp3) is 0.545. The van der Waals surface area contributed by atoms with Crippen LogP contribution in [0, 0.1) is 11.8 Å². The van der Waals surface area contributed by atoms with E-state index in [1.165, 1.54) is 16.8 Å². The first kappa shape index (κ1) is 18.1. The molecule has 0 amide bonds. The van der Waals surface area contributed by atoms with E-state index in [9.17, 15) is 10.2 Å². The molecule has 136 valence electrons. The van der Waals surface area contributed by atoms with Crippen LogP contribution in [0.2, 0.25) is 0 Å². The summed E-state index contributed by atoms with van der Waals surface area (Å²) in [6, 6.07) is 7.09. The molecular weight excluding hydrogens is 310 g/mol. The van der Waals surface area contributed by atoms with Crippen LogP contribution < -0.4 is 5.32 Å². The van der Waals surface area contributed by atoms with Crippen molar-refractivity contribution in [3.8, 4) is 0 Å². The first-order chi connectivity index (χ1) is 11.9. The molecule has 3 rings (SSSR count). The molecule has 25 heavy (non-hydrogen) atoms. The maximum Gasteiger partial charge on any atom is 0.111 e. The zero-order chi connectivity index (χ0) is 18.0. The highest BCUT2D eigenvalue weighted by atomic mass is 16.3. The van der Waals surface area contributed by atoms with Gasteiger partial charge in [-0.05, 0) is 66.4 Å². The van der Waals surface area contributed by atoms with E-state index in [0.717, 1.165) is 25.7 Å². The Bertz CT molecular complexity index is 669. The number of aliphatic hydroxyl groups excluding tert-OH is 2. The van der Waals surface area contributed by atoms with Gasteiger partial charge < -0.3 is 15.5 Å². The van der Waals surface area contributed by atoms with Crippen LogP contribution in [-0.4, -0.2) is 22.9 Å². The summed E-state index contributed by atoms with van der Waals surface area (Å²) < 4.78 is 0. The summed E-state index contributed by atoms with van der Waals surface area (Å²) in [7, 11) is 0. The topological polar surface area (TPSA) is 52.5 Å². The number of anilines is 1. The second kappa shape index (κ2) is 7.25. The van der Waals surface area contributed by atoms with Crippen molar-refractivity contribution in [3.63, 3.8) is 0 Å². The van der Waals surface area contributed by atoms with Gasteiger partial charge in [0.2, 0.25) is 0 Å². The van der Waals surface area contributed by atoms with Gasteiger partial charge in [0.15, 0.2) is 0 Å². The van der Waals surface area contributed by atoms with E-state index < -0.39 is 0 Å². The zero-order valence-corrected chi connectivity index (χ0v) is 15.6. The van der Waals surface area contributed by atoms with Crippen LogP contribution in [0.1, 0.15) is 51.2 Å². The summed E-state index contributed by atoms with van der Waals surface area (Å²) in [4.78, 5) is 0. The van der Waals surface area contributed by atoms with E-state index in [0.29, 0.717) is 23.6 Å². The lowest BCUT2D eigenvalue weighted by atomic mass is 9.75. The summed E-state index contributed by atoms with van der Waals surface area (Å²) >= 11 is 0. The minimum absolute atomic E-state index is 0.148. The van der Waals surface area contributed by atoms with Gasteiger partial charge >= 0.3 is 0 Å². The van der Waals surface area contributed by atoms with Gasteiger partial charge in [0.25, 0.3) is 0 Å². The number of benzene rings is 1. The molecule has 1 heterocycles.